The van der Waals surface area contributed by atoms with Crippen LogP contribution in [0.2, 0.25) is 0 Å². The van der Waals surface area contributed by atoms with Crippen molar-refractivity contribution in [2.24, 2.45) is 0 Å². The molecule has 1 fully saturated rings. The first kappa shape index (κ1) is 15.4. The minimum atomic E-state index is -0.290. The smallest absolute Gasteiger partial charge is 0.276 e. The second kappa shape index (κ2) is 6.31. The number of aromatic nitrogens is 5. The molecule has 2 aromatic heterocycles. The van der Waals surface area contributed by atoms with E-state index in [1.807, 2.05) is 13.8 Å². The summed E-state index contributed by atoms with van der Waals surface area (Å²) < 4.78 is 5.64. The number of nitrogens with one attached hydrogen (secondary N) is 1. The van der Waals surface area contributed by atoms with Gasteiger partial charge in [-0.15, -0.1) is 10.2 Å². The molecule has 3 heterocycles. The first-order valence-electron chi connectivity index (χ1n) is 7.75. The lowest BCUT2D eigenvalue weighted by Crippen LogP contribution is -2.34. The van der Waals surface area contributed by atoms with Crippen molar-refractivity contribution in [3.63, 3.8) is 0 Å². The highest BCUT2D eigenvalue weighted by atomic mass is 16.5. The molecule has 1 aliphatic rings. The van der Waals surface area contributed by atoms with Crippen LogP contribution in [0.5, 0.6) is 5.75 Å². The largest absolute Gasteiger partial charge is 0.491 e. The van der Waals surface area contributed by atoms with Crippen molar-refractivity contribution in [1.29, 1.82) is 0 Å². The standard InChI is InChI=1S/C15H20N6O2/c1-3-9-23-11-5-4-7-16-12(11)13(22)21-8-6-15(2,10-21)14-17-19-20-18-14/h4-5,7H,3,6,8-10H2,1-2H3,(H,17,18,19,20). The zero-order valence-corrected chi connectivity index (χ0v) is 13.3. The van der Waals surface area contributed by atoms with Gasteiger partial charge in [0.1, 0.15) is 0 Å². The molecule has 0 aliphatic carbocycles. The van der Waals surface area contributed by atoms with Gasteiger partial charge in [-0.2, -0.15) is 5.21 Å². The summed E-state index contributed by atoms with van der Waals surface area (Å²) in [7, 11) is 0. The van der Waals surface area contributed by atoms with Gasteiger partial charge in [-0.05, 0) is 25.0 Å². The van der Waals surface area contributed by atoms with E-state index in [9.17, 15) is 4.79 Å². The zero-order chi connectivity index (χ0) is 16.3. The summed E-state index contributed by atoms with van der Waals surface area (Å²) in [5, 5.41) is 14.2. The number of carbonyl (C=O) groups is 1. The summed E-state index contributed by atoms with van der Waals surface area (Å²) in [4.78, 5) is 18.8. The molecule has 0 aromatic carbocycles. The van der Waals surface area contributed by atoms with Crippen molar-refractivity contribution in [3.05, 3.63) is 29.8 Å². The molecule has 1 atom stereocenters. The fourth-order valence-corrected chi connectivity index (χ4v) is 2.76. The highest BCUT2D eigenvalue weighted by Crippen LogP contribution is 2.32. The summed E-state index contributed by atoms with van der Waals surface area (Å²) in [6, 6.07) is 3.56. The SMILES string of the molecule is CCCOc1cccnc1C(=O)N1CCC(C)(c2nn[nH]n2)C1. The van der Waals surface area contributed by atoms with E-state index < -0.39 is 0 Å². The Morgan fingerprint density at radius 1 is 1.52 bits per heavy atom. The van der Waals surface area contributed by atoms with E-state index in [1.165, 1.54) is 0 Å². The van der Waals surface area contributed by atoms with Crippen LogP contribution >= 0.6 is 0 Å². The third-order valence-electron chi connectivity index (χ3n) is 4.08. The van der Waals surface area contributed by atoms with Crippen molar-refractivity contribution in [3.8, 4) is 5.75 Å². The van der Waals surface area contributed by atoms with E-state index in [-0.39, 0.29) is 11.3 Å². The number of pyridine rings is 1. The zero-order valence-electron chi connectivity index (χ0n) is 13.3. The van der Waals surface area contributed by atoms with Gasteiger partial charge in [0.2, 0.25) is 0 Å². The highest BCUT2D eigenvalue weighted by molar-refractivity contribution is 5.95. The third-order valence-corrected chi connectivity index (χ3v) is 4.08. The van der Waals surface area contributed by atoms with E-state index in [0.717, 1.165) is 12.8 Å². The van der Waals surface area contributed by atoms with Gasteiger partial charge in [-0.25, -0.2) is 4.98 Å². The van der Waals surface area contributed by atoms with Crippen molar-refractivity contribution >= 4 is 5.91 Å². The number of aromatic amines is 1. The minimum absolute atomic E-state index is 0.121. The molecule has 122 valence electrons. The van der Waals surface area contributed by atoms with Gasteiger partial charge in [0.25, 0.3) is 5.91 Å². The predicted octanol–water partition coefficient (Wildman–Crippen LogP) is 1.19. The number of hydrogen-bond donors (Lipinski definition) is 1. The Labute approximate surface area is 134 Å². The fourth-order valence-electron chi connectivity index (χ4n) is 2.76. The average molecular weight is 316 g/mol. The number of H-pyrrole nitrogens is 1. The summed E-state index contributed by atoms with van der Waals surface area (Å²) >= 11 is 0. The molecule has 1 saturated heterocycles. The van der Waals surface area contributed by atoms with Gasteiger partial charge >= 0.3 is 0 Å². The van der Waals surface area contributed by atoms with Crippen molar-refractivity contribution in [1.82, 2.24) is 30.5 Å². The first-order valence-corrected chi connectivity index (χ1v) is 7.75. The molecule has 0 radical (unpaired) electrons. The van der Waals surface area contributed by atoms with Gasteiger partial charge in [0.15, 0.2) is 17.3 Å². The van der Waals surface area contributed by atoms with Gasteiger partial charge in [0.05, 0.1) is 12.0 Å². The Morgan fingerprint density at radius 3 is 3.13 bits per heavy atom. The lowest BCUT2D eigenvalue weighted by atomic mass is 9.89. The van der Waals surface area contributed by atoms with Crippen molar-refractivity contribution < 1.29 is 9.53 Å². The number of nitrogens with zero attached hydrogens (tertiary/aromatic N) is 5. The molecule has 0 bridgehead atoms. The second-order valence-electron chi connectivity index (χ2n) is 5.97. The average Bonchev–Trinajstić information content (AvgIpc) is 3.23. The van der Waals surface area contributed by atoms with Crippen LogP contribution in [0, 0.1) is 0 Å². The molecule has 1 unspecified atom stereocenters. The lowest BCUT2D eigenvalue weighted by molar-refractivity contribution is 0.0773. The van der Waals surface area contributed by atoms with Gasteiger partial charge in [0, 0.05) is 19.3 Å². The molecule has 0 spiro atoms. The highest BCUT2D eigenvalue weighted by Gasteiger charge is 2.41. The summed E-state index contributed by atoms with van der Waals surface area (Å²) in [6.45, 7) is 5.79. The predicted molar refractivity (Wildman–Crippen MR) is 82.1 cm³/mol. The molecule has 2 aromatic rings. The van der Waals surface area contributed by atoms with Crippen LogP contribution in [-0.4, -0.2) is 56.1 Å². The summed E-state index contributed by atoms with van der Waals surface area (Å²) in [6.07, 6.45) is 3.28. The van der Waals surface area contributed by atoms with Crippen LogP contribution in [0.1, 0.15) is 43.0 Å². The number of rotatable bonds is 5. The quantitative estimate of drug-likeness (QED) is 0.890. The summed E-state index contributed by atoms with van der Waals surface area (Å²) in [5.41, 5.74) is 0.0697. The van der Waals surface area contributed by atoms with Gasteiger partial charge in [-0.3, -0.25) is 4.79 Å². The number of ether oxygens (including phenoxy) is 1. The molecular formula is C15H20N6O2. The number of amides is 1. The van der Waals surface area contributed by atoms with E-state index in [4.69, 9.17) is 4.74 Å². The maximum atomic E-state index is 12.8. The molecule has 8 heteroatoms. The van der Waals surface area contributed by atoms with E-state index in [1.54, 1.807) is 23.2 Å². The lowest BCUT2D eigenvalue weighted by Gasteiger charge is -2.21. The maximum absolute atomic E-state index is 12.8. The number of tetrazole rings is 1. The van der Waals surface area contributed by atoms with Crippen molar-refractivity contribution in [2.75, 3.05) is 19.7 Å². The molecule has 0 saturated carbocycles. The van der Waals surface area contributed by atoms with E-state index >= 15 is 0 Å². The summed E-state index contributed by atoms with van der Waals surface area (Å²) in [5.74, 6) is 1.05. The number of hydrogen-bond acceptors (Lipinski definition) is 6. The van der Waals surface area contributed by atoms with Crippen LogP contribution in [-0.2, 0) is 5.41 Å². The first-order chi connectivity index (χ1) is 11.1. The molecular weight excluding hydrogens is 296 g/mol. The molecule has 23 heavy (non-hydrogen) atoms. The van der Waals surface area contributed by atoms with Crippen molar-refractivity contribution in [2.45, 2.75) is 32.1 Å². The Bertz CT molecular complexity index is 674. The Kier molecular flexibility index (Phi) is 4.22. The molecule has 3 rings (SSSR count). The number of likely N-dealkylation sites (tertiary alicyclic amines) is 1. The van der Waals surface area contributed by atoms with Crippen LogP contribution in [0.15, 0.2) is 18.3 Å². The monoisotopic (exact) mass is 316 g/mol. The Morgan fingerprint density at radius 2 is 2.39 bits per heavy atom. The van der Waals surface area contributed by atoms with Gasteiger partial charge < -0.3 is 9.64 Å². The maximum Gasteiger partial charge on any atom is 0.276 e. The van der Waals surface area contributed by atoms with Crippen LogP contribution < -0.4 is 4.74 Å². The van der Waals surface area contributed by atoms with E-state index in [2.05, 4.69) is 25.6 Å². The molecule has 8 nitrogen and oxygen atoms in total. The normalized spacial score (nSPS) is 20.7. The molecule has 1 aliphatic heterocycles. The van der Waals surface area contributed by atoms with Crippen LogP contribution in [0.3, 0.4) is 0 Å². The topological polar surface area (TPSA) is 96.9 Å². The fraction of sp³-hybridized carbons (Fsp3) is 0.533. The number of carbonyl (C=O) groups excluding carboxylic acids is 1. The molecule has 1 N–H and O–H groups in total. The second-order valence-corrected chi connectivity index (χ2v) is 5.97. The van der Waals surface area contributed by atoms with Crippen LogP contribution in [0.25, 0.3) is 0 Å². The Balaban J connectivity index is 1.77. The Hall–Kier alpha value is -2.51. The molecule has 1 amide bonds. The van der Waals surface area contributed by atoms with Crippen LogP contribution in [0.4, 0.5) is 0 Å². The minimum Gasteiger partial charge on any atom is -0.491 e. The third kappa shape index (κ3) is 3.01. The van der Waals surface area contributed by atoms with Gasteiger partial charge in [-0.1, -0.05) is 19.1 Å². The van der Waals surface area contributed by atoms with E-state index in [0.29, 0.717) is 37.0 Å².